The van der Waals surface area contributed by atoms with Crippen molar-refractivity contribution in [1.29, 1.82) is 0 Å². The zero-order valence-corrected chi connectivity index (χ0v) is 14.1. The Hall–Kier alpha value is -2.14. The lowest BCUT2D eigenvalue weighted by atomic mass is 10.1. The first kappa shape index (κ1) is 16.7. The number of carbonyl (C=O) groups excluding carboxylic acids is 1. The number of halogens is 1. The van der Waals surface area contributed by atoms with Gasteiger partial charge >= 0.3 is 0 Å². The van der Waals surface area contributed by atoms with Gasteiger partial charge in [-0.3, -0.25) is 4.79 Å². The molecule has 1 aromatic heterocycles. The number of amides is 1. The van der Waals surface area contributed by atoms with Crippen molar-refractivity contribution < 1.29 is 14.1 Å². The minimum absolute atomic E-state index is 0.0439. The highest BCUT2D eigenvalue weighted by molar-refractivity contribution is 5.76. The summed E-state index contributed by atoms with van der Waals surface area (Å²) in [5, 5.41) is 2.93. The molecule has 0 aliphatic carbocycles. The van der Waals surface area contributed by atoms with Gasteiger partial charge in [0.15, 0.2) is 6.54 Å². The van der Waals surface area contributed by atoms with E-state index in [4.69, 9.17) is 0 Å². The van der Waals surface area contributed by atoms with Gasteiger partial charge in [-0.05, 0) is 30.2 Å². The van der Waals surface area contributed by atoms with Crippen LogP contribution >= 0.6 is 0 Å². The summed E-state index contributed by atoms with van der Waals surface area (Å²) in [6.45, 7) is 1.98. The van der Waals surface area contributed by atoms with Gasteiger partial charge < -0.3 is 14.8 Å². The number of hydrogen-bond acceptors (Lipinski definition) is 1. The third-order valence-corrected chi connectivity index (χ3v) is 4.89. The summed E-state index contributed by atoms with van der Waals surface area (Å²) in [5.41, 5.74) is 1.94. The second kappa shape index (κ2) is 7.62. The molecule has 24 heavy (non-hydrogen) atoms. The summed E-state index contributed by atoms with van der Waals surface area (Å²) >= 11 is 0. The summed E-state index contributed by atoms with van der Waals surface area (Å²) in [6, 6.07) is 11.3. The Morgan fingerprint density at radius 1 is 1.33 bits per heavy atom. The molecule has 0 radical (unpaired) electrons. The average molecular weight is 330 g/mol. The van der Waals surface area contributed by atoms with Gasteiger partial charge in [0, 0.05) is 32.6 Å². The minimum atomic E-state index is -0.208. The molecule has 0 saturated carbocycles. The number of rotatable bonds is 6. The van der Waals surface area contributed by atoms with Gasteiger partial charge in [-0.1, -0.05) is 18.2 Å². The van der Waals surface area contributed by atoms with Crippen LogP contribution < -0.4 is 10.2 Å². The normalized spacial score (nSPS) is 20.2. The maximum atomic E-state index is 13.6. The quantitative estimate of drug-likeness (QED) is 0.822. The van der Waals surface area contributed by atoms with E-state index in [1.165, 1.54) is 16.7 Å². The fraction of sp³-hybridized carbons (Fsp3) is 0.421. The molecule has 1 fully saturated rings. The standard InChI is InChI=1S/C19H24FN3O/c1-22-12-4-8-17(22)18-9-5-13-23(18)14-19(24)21-11-10-15-6-2-3-7-16(15)20/h2-4,6-8,12,18H,5,9-11,13-14H2,1H3,(H,21,24)/p+1/t18-/m0/s1. The van der Waals surface area contributed by atoms with Crippen molar-refractivity contribution >= 4 is 5.91 Å². The molecule has 2 heterocycles. The predicted molar refractivity (Wildman–Crippen MR) is 91.2 cm³/mol. The van der Waals surface area contributed by atoms with E-state index >= 15 is 0 Å². The topological polar surface area (TPSA) is 38.5 Å². The number of likely N-dealkylation sites (tertiary alicyclic amines) is 1. The molecule has 2 N–H and O–H groups in total. The molecule has 1 aliphatic rings. The maximum absolute atomic E-state index is 13.6. The molecular formula is C19H25FN3O+. The molecule has 0 spiro atoms. The second-order valence-corrected chi connectivity index (χ2v) is 6.52. The number of quaternary nitrogens is 1. The van der Waals surface area contributed by atoms with Gasteiger partial charge in [0.2, 0.25) is 0 Å². The number of carbonyl (C=O) groups is 1. The highest BCUT2D eigenvalue weighted by Gasteiger charge is 2.32. The first-order valence-electron chi connectivity index (χ1n) is 8.61. The number of aryl methyl sites for hydroxylation is 1. The lowest BCUT2D eigenvalue weighted by Crippen LogP contribution is -3.11. The largest absolute Gasteiger partial charge is 0.351 e. The molecule has 1 unspecified atom stereocenters. The zero-order chi connectivity index (χ0) is 16.9. The molecule has 128 valence electrons. The lowest BCUT2D eigenvalue weighted by molar-refractivity contribution is -0.911. The van der Waals surface area contributed by atoms with Crippen molar-refractivity contribution in [1.82, 2.24) is 9.88 Å². The van der Waals surface area contributed by atoms with Crippen molar-refractivity contribution in [2.24, 2.45) is 7.05 Å². The Balaban J connectivity index is 1.49. The van der Waals surface area contributed by atoms with Crippen LogP contribution in [0, 0.1) is 5.82 Å². The molecule has 5 heteroatoms. The smallest absolute Gasteiger partial charge is 0.275 e. The molecule has 1 aromatic carbocycles. The predicted octanol–water partition coefficient (Wildman–Crippen LogP) is 1.24. The van der Waals surface area contributed by atoms with Crippen LogP contribution in [-0.2, 0) is 18.3 Å². The Morgan fingerprint density at radius 3 is 2.92 bits per heavy atom. The lowest BCUT2D eigenvalue weighted by Gasteiger charge is -2.21. The van der Waals surface area contributed by atoms with Crippen LogP contribution in [-0.4, -0.2) is 30.1 Å². The number of hydrogen-bond donors (Lipinski definition) is 2. The monoisotopic (exact) mass is 330 g/mol. The third kappa shape index (κ3) is 3.85. The van der Waals surface area contributed by atoms with E-state index in [9.17, 15) is 9.18 Å². The van der Waals surface area contributed by atoms with E-state index in [2.05, 4.69) is 35.3 Å². The molecule has 1 amide bonds. The summed E-state index contributed by atoms with van der Waals surface area (Å²) in [6.07, 6.45) is 4.85. The van der Waals surface area contributed by atoms with Crippen LogP contribution in [0.3, 0.4) is 0 Å². The summed E-state index contributed by atoms with van der Waals surface area (Å²) in [4.78, 5) is 13.6. The molecule has 0 bridgehead atoms. The van der Waals surface area contributed by atoms with Crippen LogP contribution in [0.5, 0.6) is 0 Å². The summed E-state index contributed by atoms with van der Waals surface area (Å²) in [7, 11) is 2.06. The Morgan fingerprint density at radius 2 is 2.17 bits per heavy atom. The second-order valence-electron chi connectivity index (χ2n) is 6.52. The Labute approximate surface area is 142 Å². The summed E-state index contributed by atoms with van der Waals surface area (Å²) in [5.74, 6) is -0.164. The minimum Gasteiger partial charge on any atom is -0.351 e. The average Bonchev–Trinajstić information content (AvgIpc) is 3.17. The van der Waals surface area contributed by atoms with Crippen LogP contribution in [0.25, 0.3) is 0 Å². The SMILES string of the molecule is Cn1cccc1[C@@H]1CCC[NH+]1CC(=O)NCCc1ccccc1F. The van der Waals surface area contributed by atoms with Gasteiger partial charge in [-0.2, -0.15) is 0 Å². The van der Waals surface area contributed by atoms with Crippen molar-refractivity contribution in [3.63, 3.8) is 0 Å². The van der Waals surface area contributed by atoms with Crippen molar-refractivity contribution in [3.8, 4) is 0 Å². The zero-order valence-electron chi connectivity index (χ0n) is 14.1. The van der Waals surface area contributed by atoms with Gasteiger partial charge in [0.05, 0.1) is 12.2 Å². The van der Waals surface area contributed by atoms with E-state index in [0.717, 1.165) is 19.4 Å². The van der Waals surface area contributed by atoms with Crippen LogP contribution in [0.15, 0.2) is 42.6 Å². The molecule has 4 nitrogen and oxygen atoms in total. The summed E-state index contributed by atoms with van der Waals surface area (Å²) < 4.78 is 15.7. The maximum Gasteiger partial charge on any atom is 0.275 e. The molecule has 1 saturated heterocycles. The molecule has 2 atom stereocenters. The van der Waals surface area contributed by atoms with E-state index in [0.29, 0.717) is 31.1 Å². The van der Waals surface area contributed by atoms with Gasteiger partial charge in [-0.25, -0.2) is 4.39 Å². The van der Waals surface area contributed by atoms with E-state index in [1.807, 2.05) is 6.07 Å². The van der Waals surface area contributed by atoms with Crippen molar-refractivity contribution in [2.75, 3.05) is 19.6 Å². The van der Waals surface area contributed by atoms with E-state index in [1.54, 1.807) is 12.1 Å². The first-order valence-corrected chi connectivity index (χ1v) is 8.61. The molecule has 1 aliphatic heterocycles. The Kier molecular flexibility index (Phi) is 5.30. The van der Waals surface area contributed by atoms with Crippen LogP contribution in [0.2, 0.25) is 0 Å². The first-order chi connectivity index (χ1) is 11.6. The van der Waals surface area contributed by atoms with Gasteiger partial charge in [0.25, 0.3) is 5.91 Å². The third-order valence-electron chi connectivity index (χ3n) is 4.89. The number of benzene rings is 1. The number of nitrogens with zero attached hydrogens (tertiary/aromatic N) is 1. The highest BCUT2D eigenvalue weighted by Crippen LogP contribution is 2.18. The molecule has 2 aromatic rings. The highest BCUT2D eigenvalue weighted by atomic mass is 19.1. The Bertz CT molecular complexity index is 697. The molecular weight excluding hydrogens is 305 g/mol. The van der Waals surface area contributed by atoms with Crippen LogP contribution in [0.4, 0.5) is 4.39 Å². The van der Waals surface area contributed by atoms with Crippen LogP contribution in [0.1, 0.15) is 30.1 Å². The van der Waals surface area contributed by atoms with Gasteiger partial charge in [0.1, 0.15) is 11.9 Å². The van der Waals surface area contributed by atoms with Gasteiger partial charge in [-0.15, -0.1) is 0 Å². The molecule has 3 rings (SSSR count). The van der Waals surface area contributed by atoms with E-state index < -0.39 is 0 Å². The van der Waals surface area contributed by atoms with Crippen molar-refractivity contribution in [3.05, 3.63) is 59.7 Å². The van der Waals surface area contributed by atoms with E-state index in [-0.39, 0.29) is 11.7 Å². The fourth-order valence-corrected chi connectivity index (χ4v) is 3.62. The number of aromatic nitrogens is 1. The van der Waals surface area contributed by atoms with Crippen molar-refractivity contribution in [2.45, 2.75) is 25.3 Å². The fourth-order valence-electron chi connectivity index (χ4n) is 3.62. The number of nitrogens with one attached hydrogen (secondary N) is 2.